The molecule has 1 N–H and O–H groups in total. The second-order valence-electron chi connectivity index (χ2n) is 7.22. The molecule has 1 atom stereocenters. The second-order valence-corrected chi connectivity index (χ2v) is 8.31. The summed E-state index contributed by atoms with van der Waals surface area (Å²) in [4.78, 5) is 46.1. The SMILES string of the molecule is Cn1cccc(C(=O)N2CCc3nc(NC(=O)C4CCN(C#N)C4)sc3C2)c1=O. The number of thiazole rings is 1. The quantitative estimate of drug-likeness (QED) is 0.746. The number of nitriles is 1. The van der Waals surface area contributed by atoms with Gasteiger partial charge in [0.15, 0.2) is 11.3 Å². The number of nitrogens with one attached hydrogen (secondary N) is 1. The van der Waals surface area contributed by atoms with Crippen LogP contribution in [-0.2, 0) is 24.8 Å². The standard InChI is InChI=1S/C19H20N6O3S/c1-23-6-2-3-13(17(23)27)18(28)25-8-5-14-15(10-25)29-19(21-14)22-16(26)12-4-7-24(9-12)11-20/h2-3,6,12H,4-5,7-10H2,1H3,(H,21,22,26). The summed E-state index contributed by atoms with van der Waals surface area (Å²) >= 11 is 1.35. The van der Waals surface area contributed by atoms with Crippen LogP contribution in [0.25, 0.3) is 0 Å². The van der Waals surface area contributed by atoms with Crippen LogP contribution in [0, 0.1) is 17.4 Å². The van der Waals surface area contributed by atoms with Gasteiger partial charge in [0.05, 0.1) is 18.2 Å². The fourth-order valence-electron chi connectivity index (χ4n) is 3.63. The van der Waals surface area contributed by atoms with E-state index in [0.29, 0.717) is 44.2 Å². The number of hydrogen-bond acceptors (Lipinski definition) is 7. The first kappa shape index (κ1) is 19.1. The molecule has 1 unspecified atom stereocenters. The zero-order chi connectivity index (χ0) is 20.5. The van der Waals surface area contributed by atoms with Crippen molar-refractivity contribution < 1.29 is 9.59 Å². The number of aromatic nitrogens is 2. The predicted octanol–water partition coefficient (Wildman–Crippen LogP) is 0.782. The second kappa shape index (κ2) is 7.67. The zero-order valence-corrected chi connectivity index (χ0v) is 16.7. The molecule has 150 valence electrons. The van der Waals surface area contributed by atoms with Gasteiger partial charge in [-0.2, -0.15) is 5.26 Å². The van der Waals surface area contributed by atoms with Gasteiger partial charge in [-0.25, -0.2) is 4.98 Å². The minimum atomic E-state index is -0.316. The first-order chi connectivity index (χ1) is 14.0. The molecular weight excluding hydrogens is 392 g/mol. The van der Waals surface area contributed by atoms with Crippen molar-refractivity contribution in [3.05, 3.63) is 44.8 Å². The van der Waals surface area contributed by atoms with Crippen LogP contribution in [0.15, 0.2) is 23.1 Å². The number of hydrogen-bond donors (Lipinski definition) is 1. The first-order valence-corrected chi connectivity index (χ1v) is 10.2. The van der Waals surface area contributed by atoms with Crippen LogP contribution < -0.4 is 10.9 Å². The van der Waals surface area contributed by atoms with Gasteiger partial charge in [-0.05, 0) is 18.6 Å². The smallest absolute Gasteiger partial charge is 0.263 e. The van der Waals surface area contributed by atoms with Gasteiger partial charge in [0.1, 0.15) is 5.56 Å². The summed E-state index contributed by atoms with van der Waals surface area (Å²) < 4.78 is 1.39. The van der Waals surface area contributed by atoms with Gasteiger partial charge in [0, 0.05) is 44.2 Å². The van der Waals surface area contributed by atoms with Gasteiger partial charge < -0.3 is 19.7 Å². The van der Waals surface area contributed by atoms with E-state index in [1.807, 2.05) is 0 Å². The average molecular weight is 412 g/mol. The summed E-state index contributed by atoms with van der Waals surface area (Å²) in [5, 5.41) is 12.3. The van der Waals surface area contributed by atoms with Crippen LogP contribution in [0.2, 0.25) is 0 Å². The number of nitrogens with zero attached hydrogens (tertiary/aromatic N) is 5. The number of carbonyl (C=O) groups is 2. The third-order valence-corrected chi connectivity index (χ3v) is 6.30. The van der Waals surface area contributed by atoms with Crippen LogP contribution in [0.5, 0.6) is 0 Å². The molecule has 2 aliphatic rings. The Kier molecular flexibility index (Phi) is 5.07. The molecule has 4 heterocycles. The Morgan fingerprint density at radius 2 is 2.21 bits per heavy atom. The molecule has 4 rings (SSSR count). The van der Waals surface area contributed by atoms with Gasteiger partial charge in [-0.15, -0.1) is 0 Å². The Balaban J connectivity index is 1.44. The van der Waals surface area contributed by atoms with E-state index in [4.69, 9.17) is 5.26 Å². The lowest BCUT2D eigenvalue weighted by molar-refractivity contribution is -0.119. The molecule has 29 heavy (non-hydrogen) atoms. The molecule has 0 bridgehead atoms. The van der Waals surface area contributed by atoms with Crippen molar-refractivity contribution in [1.29, 1.82) is 5.26 Å². The maximum Gasteiger partial charge on any atom is 0.263 e. The Morgan fingerprint density at radius 1 is 1.38 bits per heavy atom. The lowest BCUT2D eigenvalue weighted by atomic mass is 10.1. The van der Waals surface area contributed by atoms with Gasteiger partial charge in [-0.3, -0.25) is 14.4 Å². The van der Waals surface area contributed by atoms with Crippen LogP contribution >= 0.6 is 11.3 Å². The highest BCUT2D eigenvalue weighted by Crippen LogP contribution is 2.29. The molecule has 0 radical (unpaired) electrons. The van der Waals surface area contributed by atoms with Gasteiger partial charge in [0.25, 0.3) is 11.5 Å². The van der Waals surface area contributed by atoms with Crippen LogP contribution in [-0.4, -0.2) is 50.8 Å². The third-order valence-electron chi connectivity index (χ3n) is 5.30. The number of aryl methyl sites for hydroxylation is 1. The molecule has 10 heteroatoms. The van der Waals surface area contributed by atoms with Crippen molar-refractivity contribution in [1.82, 2.24) is 19.4 Å². The monoisotopic (exact) mass is 412 g/mol. The molecule has 2 aromatic heterocycles. The van der Waals surface area contributed by atoms with E-state index in [2.05, 4.69) is 16.5 Å². The van der Waals surface area contributed by atoms with Gasteiger partial charge >= 0.3 is 0 Å². The van der Waals surface area contributed by atoms with E-state index in [-0.39, 0.29) is 28.9 Å². The summed E-state index contributed by atoms with van der Waals surface area (Å²) in [5.41, 5.74) is 0.712. The number of fused-ring (bicyclic) bond motifs is 1. The lowest BCUT2D eigenvalue weighted by Gasteiger charge is -2.25. The van der Waals surface area contributed by atoms with E-state index in [1.165, 1.54) is 15.9 Å². The highest BCUT2D eigenvalue weighted by Gasteiger charge is 2.30. The van der Waals surface area contributed by atoms with E-state index < -0.39 is 0 Å². The highest BCUT2D eigenvalue weighted by molar-refractivity contribution is 7.15. The molecule has 1 fully saturated rings. The van der Waals surface area contributed by atoms with E-state index in [9.17, 15) is 14.4 Å². The molecule has 0 aliphatic carbocycles. The summed E-state index contributed by atoms with van der Waals surface area (Å²) in [5.74, 6) is -0.643. The number of amides is 2. The number of carbonyl (C=O) groups excluding carboxylic acids is 2. The number of anilines is 1. The molecule has 0 aromatic carbocycles. The molecule has 2 amide bonds. The summed E-state index contributed by atoms with van der Waals surface area (Å²) in [7, 11) is 1.62. The number of pyridine rings is 1. The Labute approximate surface area is 171 Å². The van der Waals surface area contributed by atoms with E-state index in [0.717, 1.165) is 10.6 Å². The molecule has 2 aromatic rings. The molecule has 0 spiro atoms. The predicted molar refractivity (Wildman–Crippen MR) is 106 cm³/mol. The van der Waals surface area contributed by atoms with Gasteiger partial charge in [-0.1, -0.05) is 11.3 Å². The summed E-state index contributed by atoms with van der Waals surface area (Å²) in [6.45, 7) is 1.87. The zero-order valence-electron chi connectivity index (χ0n) is 15.9. The van der Waals surface area contributed by atoms with Crippen LogP contribution in [0.4, 0.5) is 5.13 Å². The maximum atomic E-state index is 12.8. The normalized spacial score (nSPS) is 18.3. The summed E-state index contributed by atoms with van der Waals surface area (Å²) in [6, 6.07) is 3.23. The van der Waals surface area contributed by atoms with Crippen LogP contribution in [0.1, 0.15) is 27.3 Å². The van der Waals surface area contributed by atoms with Gasteiger partial charge in [0.2, 0.25) is 5.91 Å². The third kappa shape index (κ3) is 3.73. The minimum absolute atomic E-state index is 0.130. The highest BCUT2D eigenvalue weighted by atomic mass is 32.1. The van der Waals surface area contributed by atoms with Crippen molar-refractivity contribution in [2.45, 2.75) is 19.4 Å². The fourth-order valence-corrected chi connectivity index (χ4v) is 4.65. The molecular formula is C19H20N6O3S. The van der Waals surface area contributed by atoms with Crippen molar-refractivity contribution >= 4 is 28.3 Å². The number of likely N-dealkylation sites (tertiary alicyclic amines) is 1. The van der Waals surface area contributed by atoms with Crippen molar-refractivity contribution in [2.75, 3.05) is 25.0 Å². The summed E-state index contributed by atoms with van der Waals surface area (Å²) in [6.07, 6.45) is 4.91. The van der Waals surface area contributed by atoms with Crippen molar-refractivity contribution in [3.63, 3.8) is 0 Å². The Morgan fingerprint density at radius 3 is 2.97 bits per heavy atom. The largest absolute Gasteiger partial charge is 0.333 e. The molecule has 2 aliphatic heterocycles. The Hall–Kier alpha value is -3.19. The van der Waals surface area contributed by atoms with Crippen molar-refractivity contribution in [2.24, 2.45) is 13.0 Å². The lowest BCUT2D eigenvalue weighted by Crippen LogP contribution is -2.39. The van der Waals surface area contributed by atoms with Crippen molar-refractivity contribution in [3.8, 4) is 6.19 Å². The van der Waals surface area contributed by atoms with E-state index in [1.54, 1.807) is 35.2 Å². The molecule has 1 saturated heterocycles. The minimum Gasteiger partial charge on any atom is -0.333 e. The Bertz CT molecular complexity index is 1070. The molecule has 0 saturated carbocycles. The van der Waals surface area contributed by atoms with Crippen LogP contribution in [0.3, 0.4) is 0 Å². The topological polar surface area (TPSA) is 111 Å². The molecule has 9 nitrogen and oxygen atoms in total. The first-order valence-electron chi connectivity index (χ1n) is 9.35. The maximum absolute atomic E-state index is 12.8. The van der Waals surface area contributed by atoms with E-state index >= 15 is 0 Å². The average Bonchev–Trinajstić information content (AvgIpc) is 3.35. The fraction of sp³-hybridized carbons (Fsp3) is 0.421. The number of rotatable bonds is 3.